The van der Waals surface area contributed by atoms with Crippen molar-refractivity contribution in [3.05, 3.63) is 71.9 Å². The van der Waals surface area contributed by atoms with Crippen molar-refractivity contribution in [2.24, 2.45) is 17.6 Å². The summed E-state index contributed by atoms with van der Waals surface area (Å²) in [6, 6.07) is -0.191. The Hall–Kier alpha value is -5.72. The number of amides is 4. The van der Waals surface area contributed by atoms with Gasteiger partial charge in [0.1, 0.15) is 18.0 Å². The zero-order valence-corrected chi connectivity index (χ0v) is 49.9. The summed E-state index contributed by atoms with van der Waals surface area (Å²) in [7, 11) is 0. The van der Waals surface area contributed by atoms with Crippen molar-refractivity contribution in [3.63, 3.8) is 0 Å². The summed E-state index contributed by atoms with van der Waals surface area (Å²) < 4.78 is 46.0. The number of nitrogens with zero attached hydrogens (tertiary/aromatic N) is 1. The lowest BCUT2D eigenvalue weighted by Gasteiger charge is -2.39. The molecule has 0 aliphatic carbocycles. The number of ether oxygens (including phenoxy) is 8. The number of nitrogens with one attached hydrogen (secondary N) is 2. The van der Waals surface area contributed by atoms with E-state index in [0.29, 0.717) is 19.4 Å². The molecule has 0 unspecified atom stereocenters. The monoisotopic (exact) mass is 1170 g/mol. The minimum absolute atomic E-state index is 0.00877. The molecular formula is C61H90N4O18. The Bertz CT molecular complexity index is 2440. The summed E-state index contributed by atoms with van der Waals surface area (Å²) in [5.74, 6) is -2.58. The van der Waals surface area contributed by atoms with Crippen LogP contribution >= 0.6 is 0 Å². The van der Waals surface area contributed by atoms with Crippen LogP contribution in [0.25, 0.3) is 0 Å². The summed E-state index contributed by atoms with van der Waals surface area (Å²) in [5, 5.41) is 23.7. The van der Waals surface area contributed by atoms with Gasteiger partial charge in [0.15, 0.2) is 0 Å². The summed E-state index contributed by atoms with van der Waals surface area (Å²) in [6.45, 7) is 19.8. The lowest BCUT2D eigenvalue weighted by atomic mass is 9.88. The number of nitrogens with two attached hydrogens (primary N) is 1. The van der Waals surface area contributed by atoms with Crippen molar-refractivity contribution in [2.75, 3.05) is 19.8 Å². The molecule has 7 saturated heterocycles. The molecule has 0 bridgehead atoms. The number of carboxylic acids is 1. The van der Waals surface area contributed by atoms with E-state index in [-0.39, 0.29) is 144 Å². The molecule has 7 fully saturated rings. The number of hydroxylamine groups is 2. The number of carbonyl (C=O) groups is 8. The lowest BCUT2D eigenvalue weighted by Crippen LogP contribution is -2.50. The average Bonchev–Trinajstić information content (AvgIpc) is 4.38. The van der Waals surface area contributed by atoms with Crippen LogP contribution in [-0.4, -0.2) is 167 Å². The summed E-state index contributed by atoms with van der Waals surface area (Å²) >= 11 is 0. The van der Waals surface area contributed by atoms with Crippen molar-refractivity contribution in [3.8, 4) is 0 Å². The highest BCUT2D eigenvalue weighted by atomic mass is 16.6. The van der Waals surface area contributed by atoms with Crippen LogP contribution in [0.5, 0.6) is 0 Å². The summed E-state index contributed by atoms with van der Waals surface area (Å²) in [6.07, 6.45) is 23.3. The third kappa shape index (κ3) is 23.7. The van der Waals surface area contributed by atoms with E-state index < -0.39 is 30.0 Å². The van der Waals surface area contributed by atoms with E-state index in [4.69, 9.17) is 53.9 Å². The molecule has 462 valence electrons. The maximum absolute atomic E-state index is 12.3. The molecule has 16 atom stereocenters. The second-order valence-electron chi connectivity index (χ2n) is 23.3. The fraction of sp³-hybridized carbons (Fsp3) is 0.672. The molecule has 0 aromatic carbocycles. The number of rotatable bonds is 21. The van der Waals surface area contributed by atoms with Crippen LogP contribution in [0.2, 0.25) is 0 Å². The average molecular weight is 1170 g/mol. The fourth-order valence-corrected chi connectivity index (χ4v) is 10.8. The Labute approximate surface area is 487 Å². The van der Waals surface area contributed by atoms with E-state index in [1.165, 1.54) is 26.0 Å². The molecule has 22 heteroatoms. The topological polar surface area (TPSA) is 311 Å². The standard InChI is InChI=1S/C29H44N2O7.C28H41NO8.C4H5NO3/c1-18(6-9-24-14-29(17-35-29)15-25(38-24)13-23(33)16-30)7-10-27-19(2)12-26(21(4)37-27)31-28(34)11-8-20(3)36-22(5)32;1-17(6-9-22-14-28(16-34-28)15-23(37-22)13-27(32)33)7-10-25-18(2)12-24(20(4)36-25)29-26(31)11-8-19(3)35-21(5)30;6-3-1-2-4(7)5(3)8/h6-9,11,19-21,24-27H,10,12-17,30H2,1-5H3,(H,31,34);6-9,11,18-20,22-25H,10,12-16H2,1-5H3,(H,29,31)(H,32,33);8H,1-2H2/b9-6+,11-8-,18-7+;9-6+,11-8-,17-7+;/t19-,20-,21+,24+,25+,26+,27-,29+;18-,19-,20+,22+,23+,24+,25-,28+;/m00./s1. The minimum atomic E-state index is -0.857. The predicted molar refractivity (Wildman–Crippen MR) is 303 cm³/mol. The largest absolute Gasteiger partial charge is 0.481 e. The van der Waals surface area contributed by atoms with Gasteiger partial charge in [-0.15, -0.1) is 0 Å². The van der Waals surface area contributed by atoms with Gasteiger partial charge in [-0.05, 0) is 91.2 Å². The molecule has 2 spiro atoms. The summed E-state index contributed by atoms with van der Waals surface area (Å²) in [4.78, 5) is 90.0. The van der Waals surface area contributed by atoms with Gasteiger partial charge in [-0.25, -0.2) is 0 Å². The smallest absolute Gasteiger partial charge is 0.305 e. The van der Waals surface area contributed by atoms with Crippen LogP contribution in [0.4, 0.5) is 0 Å². The number of ketones is 1. The minimum Gasteiger partial charge on any atom is -0.481 e. The number of aliphatic carboxylic acids is 1. The third-order valence-electron chi connectivity index (χ3n) is 15.6. The zero-order valence-electron chi connectivity index (χ0n) is 49.9. The number of epoxide rings is 2. The van der Waals surface area contributed by atoms with E-state index in [1.54, 1.807) is 26.0 Å². The first-order chi connectivity index (χ1) is 39.1. The highest BCUT2D eigenvalue weighted by molar-refractivity contribution is 6.00. The number of hydrogen-bond acceptors (Lipinski definition) is 18. The van der Waals surface area contributed by atoms with E-state index in [9.17, 15) is 38.4 Å². The fourth-order valence-electron chi connectivity index (χ4n) is 10.8. The van der Waals surface area contributed by atoms with Gasteiger partial charge in [-0.3, -0.25) is 43.6 Å². The molecule has 0 saturated carbocycles. The van der Waals surface area contributed by atoms with Crippen LogP contribution in [0.15, 0.2) is 71.9 Å². The van der Waals surface area contributed by atoms with Crippen molar-refractivity contribution >= 4 is 47.3 Å². The van der Waals surface area contributed by atoms with Crippen LogP contribution in [0.3, 0.4) is 0 Å². The SMILES string of the molecule is CC(=O)O[C@@H](C)/C=C\C(=O)N[C@@H]1C[C@H](C)[C@H](C/C=C(C)/C=C/[C@@H]2C[C@]3(CO3)C[C@@H](CC(=O)CN)O2)O[C@@H]1C.CC(=O)O[C@@H](C)/C=C\C(=O)N[C@@H]1C[C@H](C)[C@H](C/C=C(C)/C=C/[C@@H]2C[C@]3(CO3)C[C@@H](CC(=O)O)O2)O[C@@H]1C.O=C1CCC(=O)N1O. The molecule has 0 aromatic rings. The van der Waals surface area contributed by atoms with Gasteiger partial charge >= 0.3 is 17.9 Å². The zero-order chi connectivity index (χ0) is 61.2. The number of carbonyl (C=O) groups excluding carboxylic acids is 7. The molecule has 22 nitrogen and oxygen atoms in total. The molecule has 4 amide bonds. The molecule has 0 radical (unpaired) electrons. The maximum Gasteiger partial charge on any atom is 0.305 e. The van der Waals surface area contributed by atoms with E-state index >= 15 is 0 Å². The van der Waals surface area contributed by atoms with E-state index in [1.807, 2.05) is 32.9 Å². The third-order valence-corrected chi connectivity index (χ3v) is 15.6. The Balaban J connectivity index is 0.000000267. The predicted octanol–water partition coefficient (Wildman–Crippen LogP) is 5.92. The van der Waals surface area contributed by atoms with Crippen molar-refractivity contribution in [1.29, 1.82) is 0 Å². The maximum atomic E-state index is 12.3. The van der Waals surface area contributed by atoms with Gasteiger partial charge in [0.05, 0.1) is 98.3 Å². The normalized spacial score (nSPS) is 33.3. The van der Waals surface area contributed by atoms with E-state index in [2.05, 4.69) is 55.7 Å². The molecule has 83 heavy (non-hydrogen) atoms. The molecule has 7 aliphatic heterocycles. The van der Waals surface area contributed by atoms with Crippen LogP contribution in [0.1, 0.15) is 146 Å². The number of imide groups is 1. The van der Waals surface area contributed by atoms with Crippen molar-refractivity contribution < 1.29 is 86.6 Å². The molecule has 6 N–H and O–H groups in total. The van der Waals surface area contributed by atoms with Gasteiger partial charge in [0.2, 0.25) is 11.8 Å². The quantitative estimate of drug-likeness (QED) is 0.0222. The Morgan fingerprint density at radius 3 is 1.39 bits per heavy atom. The first-order valence-corrected chi connectivity index (χ1v) is 29.0. The number of Topliss-reactive ketones (excluding diaryl/α,β-unsaturated/α-hetero) is 1. The van der Waals surface area contributed by atoms with Crippen LogP contribution in [-0.2, 0) is 76.3 Å². The van der Waals surface area contributed by atoms with Gasteiger partial charge in [0.25, 0.3) is 11.8 Å². The first-order valence-electron chi connectivity index (χ1n) is 29.0. The Morgan fingerprint density at radius 1 is 0.651 bits per heavy atom. The summed E-state index contributed by atoms with van der Waals surface area (Å²) in [5.41, 5.74) is 7.32. The van der Waals surface area contributed by atoms with Crippen molar-refractivity contribution in [2.45, 2.75) is 231 Å². The molecule has 7 rings (SSSR count). The van der Waals surface area contributed by atoms with Gasteiger partial charge < -0.3 is 59.4 Å². The molecule has 7 aliphatic rings. The molecule has 0 aromatic heterocycles. The van der Waals surface area contributed by atoms with E-state index in [0.717, 1.165) is 62.7 Å². The number of hydrogen-bond donors (Lipinski definition) is 5. The van der Waals surface area contributed by atoms with Crippen LogP contribution in [0, 0.1) is 11.8 Å². The van der Waals surface area contributed by atoms with Crippen molar-refractivity contribution in [1.82, 2.24) is 15.7 Å². The second kappa shape index (κ2) is 32.0. The number of allylic oxidation sites excluding steroid dienone is 4. The second-order valence-corrected chi connectivity index (χ2v) is 23.3. The van der Waals surface area contributed by atoms with Gasteiger partial charge in [-0.1, -0.05) is 61.4 Å². The molecular weight excluding hydrogens is 1080 g/mol. The number of esters is 2. The highest BCUT2D eigenvalue weighted by Gasteiger charge is 2.52. The molecule has 7 heterocycles. The first kappa shape index (κ1) is 68.1. The highest BCUT2D eigenvalue weighted by Crippen LogP contribution is 2.44. The van der Waals surface area contributed by atoms with Crippen LogP contribution < -0.4 is 16.4 Å². The Kier molecular flexibility index (Phi) is 26.2. The van der Waals surface area contributed by atoms with Gasteiger partial charge in [0, 0.05) is 70.9 Å². The lowest BCUT2D eigenvalue weighted by molar-refractivity contribution is -0.171. The van der Waals surface area contributed by atoms with Gasteiger partial charge in [-0.2, -0.15) is 5.06 Å². The number of carboxylic acid groups (broad SMARTS) is 1. The Morgan fingerprint density at radius 2 is 1.05 bits per heavy atom.